The monoisotopic (exact) mass is 308 g/mol. The van der Waals surface area contributed by atoms with Gasteiger partial charge in [-0.2, -0.15) is 0 Å². The molecule has 0 saturated heterocycles. The molecular weight excluding hydrogens is 280 g/mol. The largest absolute Gasteiger partial charge is 0.378 e. The molecule has 1 aliphatic carbocycles. The fraction of sp³-hybridized carbons (Fsp3) is 0.750. The Kier molecular flexibility index (Phi) is 7.80. The van der Waals surface area contributed by atoms with Crippen molar-refractivity contribution >= 4 is 5.96 Å². The summed E-state index contributed by atoms with van der Waals surface area (Å²) >= 11 is 0. The van der Waals surface area contributed by atoms with Crippen molar-refractivity contribution < 1.29 is 9.26 Å². The molecule has 0 unspecified atom stereocenters. The number of ether oxygens (including phenoxy) is 1. The minimum absolute atomic E-state index is 0.489. The number of guanidine groups is 1. The van der Waals surface area contributed by atoms with Gasteiger partial charge < -0.3 is 19.9 Å². The van der Waals surface area contributed by atoms with Gasteiger partial charge in [0, 0.05) is 25.8 Å². The van der Waals surface area contributed by atoms with Gasteiger partial charge in [0.15, 0.2) is 5.96 Å². The van der Waals surface area contributed by atoms with Crippen LogP contribution in [0.3, 0.4) is 0 Å². The highest BCUT2D eigenvalue weighted by atomic mass is 16.5. The first kappa shape index (κ1) is 16.8. The zero-order valence-corrected chi connectivity index (χ0v) is 13.5. The average molecular weight is 308 g/mol. The normalized spacial score (nSPS) is 16.7. The van der Waals surface area contributed by atoms with Crippen LogP contribution >= 0.6 is 0 Å². The van der Waals surface area contributed by atoms with Gasteiger partial charge in [-0.3, -0.25) is 0 Å². The third-order valence-electron chi connectivity index (χ3n) is 3.75. The van der Waals surface area contributed by atoms with Crippen LogP contribution in [0.2, 0.25) is 0 Å². The Labute approximate surface area is 132 Å². The predicted molar refractivity (Wildman–Crippen MR) is 86.8 cm³/mol. The van der Waals surface area contributed by atoms with Gasteiger partial charge in [0.1, 0.15) is 12.0 Å². The highest BCUT2D eigenvalue weighted by Crippen LogP contribution is 2.20. The Morgan fingerprint density at radius 3 is 2.95 bits per heavy atom. The van der Waals surface area contributed by atoms with Crippen molar-refractivity contribution in [2.45, 2.75) is 58.1 Å². The van der Waals surface area contributed by atoms with E-state index >= 15 is 0 Å². The summed E-state index contributed by atoms with van der Waals surface area (Å²) in [6, 6.07) is 1.82. The van der Waals surface area contributed by atoms with Crippen LogP contribution in [0.25, 0.3) is 0 Å². The van der Waals surface area contributed by atoms with Crippen LogP contribution in [0.5, 0.6) is 0 Å². The summed E-state index contributed by atoms with van der Waals surface area (Å²) in [5.74, 6) is 0.808. The SMILES string of the molecule is CCNC(=NCc1ccon1)NCCCOC1CCCCC1. The molecule has 0 spiro atoms. The van der Waals surface area contributed by atoms with E-state index in [1.165, 1.54) is 32.1 Å². The van der Waals surface area contributed by atoms with E-state index in [1.807, 2.05) is 6.07 Å². The van der Waals surface area contributed by atoms with Gasteiger partial charge in [0.25, 0.3) is 0 Å². The van der Waals surface area contributed by atoms with Crippen LogP contribution < -0.4 is 10.6 Å². The molecule has 0 radical (unpaired) electrons. The van der Waals surface area contributed by atoms with Crippen LogP contribution in [-0.4, -0.2) is 36.9 Å². The Bertz CT molecular complexity index is 414. The number of nitrogens with zero attached hydrogens (tertiary/aromatic N) is 2. The van der Waals surface area contributed by atoms with Crippen molar-refractivity contribution in [1.82, 2.24) is 15.8 Å². The maximum Gasteiger partial charge on any atom is 0.191 e. The zero-order valence-electron chi connectivity index (χ0n) is 13.5. The Morgan fingerprint density at radius 2 is 2.23 bits per heavy atom. The summed E-state index contributed by atoms with van der Waals surface area (Å²) in [6.07, 6.45) is 9.52. The molecule has 2 rings (SSSR count). The highest BCUT2D eigenvalue weighted by molar-refractivity contribution is 5.79. The molecule has 6 heteroatoms. The van der Waals surface area contributed by atoms with Crippen molar-refractivity contribution in [1.29, 1.82) is 0 Å². The molecule has 1 fully saturated rings. The van der Waals surface area contributed by atoms with Gasteiger partial charge in [0.05, 0.1) is 12.6 Å². The summed E-state index contributed by atoms with van der Waals surface area (Å²) in [4.78, 5) is 4.47. The lowest BCUT2D eigenvalue weighted by molar-refractivity contribution is 0.0277. The van der Waals surface area contributed by atoms with E-state index in [1.54, 1.807) is 6.26 Å². The minimum atomic E-state index is 0.489. The van der Waals surface area contributed by atoms with Crippen LogP contribution in [0, 0.1) is 0 Å². The van der Waals surface area contributed by atoms with Gasteiger partial charge in [-0.1, -0.05) is 24.4 Å². The summed E-state index contributed by atoms with van der Waals surface area (Å²) in [5.41, 5.74) is 0.831. The van der Waals surface area contributed by atoms with E-state index in [-0.39, 0.29) is 0 Å². The number of aromatic nitrogens is 1. The van der Waals surface area contributed by atoms with Crippen molar-refractivity contribution in [3.63, 3.8) is 0 Å². The second-order valence-corrected chi connectivity index (χ2v) is 5.60. The molecule has 0 aromatic carbocycles. The standard InChI is InChI=1S/C16H28N4O2/c1-2-17-16(19-13-14-9-12-22-20-14)18-10-6-11-21-15-7-4-3-5-8-15/h9,12,15H,2-8,10-11,13H2,1H3,(H2,17,18,19). The number of aliphatic imine (C=N–C) groups is 1. The van der Waals surface area contributed by atoms with E-state index < -0.39 is 0 Å². The van der Waals surface area contributed by atoms with Crippen LogP contribution in [0.4, 0.5) is 0 Å². The van der Waals surface area contributed by atoms with Crippen LogP contribution in [-0.2, 0) is 11.3 Å². The van der Waals surface area contributed by atoms with Gasteiger partial charge in [0.2, 0.25) is 0 Å². The highest BCUT2D eigenvalue weighted by Gasteiger charge is 2.12. The fourth-order valence-corrected chi connectivity index (χ4v) is 2.58. The molecule has 2 N–H and O–H groups in total. The molecule has 22 heavy (non-hydrogen) atoms. The van der Waals surface area contributed by atoms with E-state index in [4.69, 9.17) is 9.26 Å². The molecule has 0 aliphatic heterocycles. The molecule has 0 bridgehead atoms. The lowest BCUT2D eigenvalue weighted by Crippen LogP contribution is -2.38. The first-order chi connectivity index (χ1) is 10.9. The Hall–Kier alpha value is -1.56. The first-order valence-corrected chi connectivity index (χ1v) is 8.41. The second kappa shape index (κ2) is 10.2. The fourth-order valence-electron chi connectivity index (χ4n) is 2.58. The number of nitrogens with one attached hydrogen (secondary N) is 2. The lowest BCUT2D eigenvalue weighted by Gasteiger charge is -2.22. The number of rotatable bonds is 8. The molecule has 1 aromatic rings. The van der Waals surface area contributed by atoms with Crippen LogP contribution in [0.15, 0.2) is 21.8 Å². The molecular formula is C16H28N4O2. The molecule has 6 nitrogen and oxygen atoms in total. The van der Waals surface area contributed by atoms with Crippen LogP contribution in [0.1, 0.15) is 51.1 Å². The Balaban J connectivity index is 1.60. The maximum atomic E-state index is 5.92. The molecule has 0 atom stereocenters. The van der Waals surface area contributed by atoms with Crippen molar-refractivity contribution in [3.8, 4) is 0 Å². The third kappa shape index (κ3) is 6.47. The Morgan fingerprint density at radius 1 is 1.36 bits per heavy atom. The number of hydrogen-bond donors (Lipinski definition) is 2. The van der Waals surface area contributed by atoms with Crippen molar-refractivity contribution in [3.05, 3.63) is 18.0 Å². The minimum Gasteiger partial charge on any atom is -0.378 e. The topological polar surface area (TPSA) is 71.7 Å². The second-order valence-electron chi connectivity index (χ2n) is 5.60. The van der Waals surface area contributed by atoms with Crippen molar-refractivity contribution in [2.24, 2.45) is 4.99 Å². The summed E-state index contributed by atoms with van der Waals surface area (Å²) in [6.45, 7) is 5.09. The van der Waals surface area contributed by atoms with Gasteiger partial charge in [-0.05, 0) is 26.2 Å². The van der Waals surface area contributed by atoms with E-state index in [0.717, 1.165) is 37.8 Å². The summed E-state index contributed by atoms with van der Waals surface area (Å²) < 4.78 is 10.7. The summed E-state index contributed by atoms with van der Waals surface area (Å²) in [5, 5.41) is 10.4. The van der Waals surface area contributed by atoms with E-state index in [9.17, 15) is 0 Å². The average Bonchev–Trinajstić information content (AvgIpc) is 3.06. The molecule has 1 aromatic heterocycles. The molecule has 1 saturated carbocycles. The molecule has 1 aliphatic rings. The van der Waals surface area contributed by atoms with E-state index in [0.29, 0.717) is 12.6 Å². The third-order valence-corrected chi connectivity index (χ3v) is 3.75. The van der Waals surface area contributed by atoms with Gasteiger partial charge >= 0.3 is 0 Å². The molecule has 1 heterocycles. The first-order valence-electron chi connectivity index (χ1n) is 8.41. The smallest absolute Gasteiger partial charge is 0.191 e. The number of hydrogen-bond acceptors (Lipinski definition) is 4. The van der Waals surface area contributed by atoms with Crippen molar-refractivity contribution in [2.75, 3.05) is 19.7 Å². The maximum absolute atomic E-state index is 5.92. The molecule has 124 valence electrons. The lowest BCUT2D eigenvalue weighted by atomic mass is 9.98. The zero-order chi connectivity index (χ0) is 15.5. The van der Waals surface area contributed by atoms with Gasteiger partial charge in [-0.15, -0.1) is 0 Å². The summed E-state index contributed by atoms with van der Waals surface area (Å²) in [7, 11) is 0. The van der Waals surface area contributed by atoms with E-state index in [2.05, 4.69) is 27.7 Å². The predicted octanol–water partition coefficient (Wildman–Crippen LogP) is 2.47. The quantitative estimate of drug-likeness (QED) is 0.438. The molecule has 0 amide bonds. The van der Waals surface area contributed by atoms with Gasteiger partial charge in [-0.25, -0.2) is 4.99 Å².